The third-order valence-electron chi connectivity index (χ3n) is 15.4. The molecule has 1 aliphatic heterocycles. The number of phenols is 2. The molecule has 5 unspecified atom stereocenters. The normalized spacial score (nSPS) is 22.2. The Bertz CT molecular complexity index is 3960. The number of hydrogen-bond acceptors (Lipinski definition) is 19. The molecule has 18 N–H and O–H groups in total. The van der Waals surface area contributed by atoms with E-state index in [0.717, 1.165) is 53.9 Å². The van der Waals surface area contributed by atoms with Gasteiger partial charge in [-0.15, -0.1) is 0 Å². The van der Waals surface area contributed by atoms with Gasteiger partial charge in [0.15, 0.2) is 0 Å². The van der Waals surface area contributed by atoms with Crippen LogP contribution < -0.4 is 58.9 Å². The predicted octanol–water partition coefficient (Wildman–Crippen LogP) is -1.54. The van der Waals surface area contributed by atoms with E-state index in [0.29, 0.717) is 11.1 Å². The third kappa shape index (κ3) is 20.8. The summed E-state index contributed by atoms with van der Waals surface area (Å²) in [5, 5.41) is 88.5. The summed E-state index contributed by atoms with van der Waals surface area (Å²) in [5.74, 6) is -19.9. The number of benzene rings is 6. The highest BCUT2D eigenvalue weighted by atomic mass is 33.1. The van der Waals surface area contributed by atoms with Crippen LogP contribution in [-0.2, 0) is 86.4 Å². The molecule has 11 amide bonds. The number of aromatic hydroxyl groups is 2. The lowest BCUT2D eigenvalue weighted by atomic mass is 9.91. The summed E-state index contributed by atoms with van der Waals surface area (Å²) < 4.78 is 0. The highest BCUT2D eigenvalue weighted by Crippen LogP contribution is 2.36. The number of primary amides is 1. The second-order valence-corrected chi connectivity index (χ2v) is 25.6. The maximum atomic E-state index is 14.7. The van der Waals surface area contributed by atoms with Gasteiger partial charge >= 0.3 is 17.9 Å². The number of nitrogens with two attached hydrogens (primary N) is 1. The van der Waals surface area contributed by atoms with E-state index in [1.165, 1.54) is 62.4 Å². The van der Waals surface area contributed by atoms with Crippen molar-refractivity contribution in [1.82, 2.24) is 53.2 Å². The summed E-state index contributed by atoms with van der Waals surface area (Å²) in [4.78, 5) is 190. The fourth-order valence-electron chi connectivity index (χ4n) is 10.4. The molecule has 1 saturated heterocycles. The highest BCUT2D eigenvalue weighted by molar-refractivity contribution is 8.76. The van der Waals surface area contributed by atoms with Gasteiger partial charge in [0.25, 0.3) is 0 Å². The quantitative estimate of drug-likeness (QED) is 0.0385. The molecule has 0 bridgehead atoms. The fraction of sp³-hybridized carbons (Fsp3) is 0.344. The van der Waals surface area contributed by atoms with E-state index in [1.807, 2.05) is 59.2 Å². The van der Waals surface area contributed by atoms with Crippen LogP contribution in [0.1, 0.15) is 49.8 Å². The van der Waals surface area contributed by atoms with Crippen molar-refractivity contribution in [3.63, 3.8) is 0 Å². The van der Waals surface area contributed by atoms with Crippen LogP contribution in [0.15, 0.2) is 103 Å². The number of hydrogen-bond donors (Lipinski definition) is 17. The van der Waals surface area contributed by atoms with Gasteiger partial charge in [-0.2, -0.15) is 0 Å². The molecule has 9 atom stereocenters. The minimum atomic E-state index is -2.09. The Kier molecular flexibility index (Phi) is 25.8. The summed E-state index contributed by atoms with van der Waals surface area (Å²) in [6.45, 7) is 0.626. The van der Waals surface area contributed by atoms with Crippen LogP contribution in [0, 0.1) is 5.92 Å². The van der Waals surface area contributed by atoms with Gasteiger partial charge in [-0.25, -0.2) is 0 Å². The number of aliphatic carboxylic acids is 3. The minimum absolute atomic E-state index is 0.181. The molecule has 0 radical (unpaired) electrons. The first kappa shape index (κ1) is 73.6. The molecule has 0 aromatic heterocycles. The van der Waals surface area contributed by atoms with Crippen LogP contribution in [0.4, 0.5) is 0 Å². The number of amides is 11. The smallest absolute Gasteiger partial charge is 0.305 e. The zero-order chi connectivity index (χ0) is 70.8. The van der Waals surface area contributed by atoms with Gasteiger partial charge in [0.2, 0.25) is 65.0 Å². The zero-order valence-corrected chi connectivity index (χ0v) is 53.6. The highest BCUT2D eigenvalue weighted by Gasteiger charge is 2.37. The molecule has 0 spiro atoms. The second-order valence-electron chi connectivity index (χ2n) is 23.0. The van der Waals surface area contributed by atoms with E-state index in [9.17, 15) is 97.8 Å². The molecule has 6 aromatic rings. The number of rotatable bonds is 16. The Balaban J connectivity index is 1.23. The van der Waals surface area contributed by atoms with E-state index >= 15 is 0 Å². The summed E-state index contributed by atoms with van der Waals surface area (Å²) in [6, 6.07) is 11.1. The maximum Gasteiger partial charge on any atom is 0.305 e. The Hall–Kier alpha value is -10.8. The van der Waals surface area contributed by atoms with E-state index in [4.69, 9.17) is 5.73 Å². The topological polar surface area (TPSA) is 507 Å². The van der Waals surface area contributed by atoms with Crippen molar-refractivity contribution in [1.29, 1.82) is 0 Å². The molecule has 1 fully saturated rings. The Morgan fingerprint density at radius 3 is 1.47 bits per heavy atom. The van der Waals surface area contributed by atoms with Crippen LogP contribution in [0.2, 0.25) is 0 Å². The van der Waals surface area contributed by atoms with Gasteiger partial charge in [0.1, 0.15) is 65.9 Å². The van der Waals surface area contributed by atoms with Gasteiger partial charge in [-0.05, 0) is 79.2 Å². The van der Waals surface area contributed by atoms with Crippen molar-refractivity contribution in [2.75, 3.05) is 24.7 Å². The SMILES string of the molecule is CC(C)C1NC(=O)[C@@H](NC(=O)Cc2ccc3ccc4cccc5ccc2c3c45)CSSCC(C(N)=O)NC(=O)[C@H](Cc2ccc(O)cc2)NC(=O)C(CO)NC(=O)[C@H](CC(=O)O)NC(=O)CNC(=O)C(CC(=O)O)NC(=O)[C@H](Cc2ccc(O)cc2)NC(=O)C(CC(=O)O)NC1=O. The number of carboxylic acid groups (broad SMARTS) is 3. The zero-order valence-electron chi connectivity index (χ0n) is 52.0. The molecule has 31 nitrogen and oxygen atoms in total. The molecular formula is C64H71N11O20S2. The van der Waals surface area contributed by atoms with Crippen molar-refractivity contribution in [3.05, 3.63) is 120 Å². The lowest BCUT2D eigenvalue weighted by Crippen LogP contribution is -2.61. The van der Waals surface area contributed by atoms with E-state index in [1.54, 1.807) is 6.07 Å². The van der Waals surface area contributed by atoms with Gasteiger partial charge in [0.05, 0.1) is 38.8 Å². The number of nitrogens with one attached hydrogen (secondary N) is 10. The Morgan fingerprint density at radius 2 is 0.948 bits per heavy atom. The first-order valence-corrected chi connectivity index (χ1v) is 32.6. The Labute approximate surface area is 559 Å². The van der Waals surface area contributed by atoms with Crippen molar-refractivity contribution < 1.29 is 97.8 Å². The maximum absolute atomic E-state index is 14.7. The number of aliphatic hydroxyl groups excluding tert-OH is 1. The molecule has 1 heterocycles. The van der Waals surface area contributed by atoms with Crippen LogP contribution in [-0.4, -0.2) is 193 Å². The van der Waals surface area contributed by atoms with Crippen LogP contribution in [0.5, 0.6) is 11.5 Å². The standard InChI is InChI=1S/C64H71N11O20S2/c1-30(2)55-64(95)72-44(25-52(85)86)61(92)69-40(20-31-6-15-37(77)16-7-31)58(89)71-42(23-50(81)82)57(88)66-26-49(80)67-43(24-51(83)84)60(91)73-45(27-76)62(93)70-41(21-32-8-17-38(78)18-9-32)59(90)74-46(56(65)87)28-96-97-29-47(63(94)75-55)68-48(79)22-36-13-12-35-11-10-33-4-3-5-34-14-19-39(36)54(35)53(33)34/h3-19,30,40-47,55,76-78H,20-29H2,1-2H3,(H2,65,87)(H,66,88)(H,67,80)(H,68,79)(H,69,92)(H,70,93)(H,71,89)(H,72,95)(H,73,91)(H,74,90)(H,75,94)(H,81,82)(H,83,84)(H,85,86)/t40-,41-,42?,43-,44?,45?,46?,47-,55?/m0/s1. The largest absolute Gasteiger partial charge is 0.508 e. The number of carbonyl (C=O) groups excluding carboxylic acids is 11. The van der Waals surface area contributed by atoms with E-state index in [2.05, 4.69) is 42.5 Å². The first-order chi connectivity index (χ1) is 46.1. The van der Waals surface area contributed by atoms with Crippen LogP contribution >= 0.6 is 21.6 Å². The van der Waals surface area contributed by atoms with Gasteiger partial charge in [-0.3, -0.25) is 67.1 Å². The Morgan fingerprint density at radius 1 is 0.505 bits per heavy atom. The number of carboxylic acids is 3. The monoisotopic (exact) mass is 1380 g/mol. The fourth-order valence-corrected chi connectivity index (χ4v) is 12.8. The summed E-state index contributed by atoms with van der Waals surface area (Å²) in [6.07, 6.45) is -4.70. The first-order valence-electron chi connectivity index (χ1n) is 30.1. The second kappa shape index (κ2) is 34.0. The number of carbonyl (C=O) groups is 14. The van der Waals surface area contributed by atoms with Crippen molar-refractivity contribution in [3.8, 4) is 11.5 Å². The van der Waals surface area contributed by atoms with Gasteiger partial charge in [0, 0.05) is 24.3 Å². The summed E-state index contributed by atoms with van der Waals surface area (Å²) >= 11 is 0. The average molecular weight is 1380 g/mol. The molecule has 0 saturated carbocycles. The van der Waals surface area contributed by atoms with Gasteiger partial charge in [-0.1, -0.05) is 114 Å². The number of phenolic OH excluding ortho intramolecular Hbond substituents is 2. The lowest BCUT2D eigenvalue weighted by Gasteiger charge is -2.28. The molecule has 7 rings (SSSR count). The lowest BCUT2D eigenvalue weighted by molar-refractivity contribution is -0.142. The molecule has 514 valence electrons. The predicted molar refractivity (Wildman–Crippen MR) is 351 cm³/mol. The van der Waals surface area contributed by atoms with Crippen LogP contribution in [0.3, 0.4) is 0 Å². The molecule has 97 heavy (non-hydrogen) atoms. The molecule has 33 heteroatoms. The number of aliphatic hydroxyl groups is 1. The summed E-state index contributed by atoms with van der Waals surface area (Å²) in [7, 11) is 1.77. The van der Waals surface area contributed by atoms with E-state index in [-0.39, 0.29) is 41.4 Å². The van der Waals surface area contributed by atoms with Crippen molar-refractivity contribution >= 4 is 137 Å². The van der Waals surface area contributed by atoms with Crippen LogP contribution in [0.25, 0.3) is 32.3 Å². The van der Waals surface area contributed by atoms with E-state index < -0.39 is 182 Å². The summed E-state index contributed by atoms with van der Waals surface area (Å²) in [5.41, 5.74) is 6.89. The minimum Gasteiger partial charge on any atom is -0.508 e. The molecule has 6 aromatic carbocycles. The van der Waals surface area contributed by atoms with Gasteiger partial charge < -0.3 is 89.5 Å². The van der Waals surface area contributed by atoms with Crippen molar-refractivity contribution in [2.24, 2.45) is 11.7 Å². The molecule has 0 aliphatic carbocycles. The third-order valence-corrected chi connectivity index (χ3v) is 17.8. The molecular weight excluding hydrogens is 1310 g/mol. The van der Waals surface area contributed by atoms with Crippen molar-refractivity contribution in [2.45, 2.75) is 107 Å². The molecule has 1 aliphatic rings. The average Bonchev–Trinajstić information content (AvgIpc) is 0.742.